The Balaban J connectivity index is 2.27. The van der Waals surface area contributed by atoms with E-state index in [0.717, 1.165) is 52.1 Å². The van der Waals surface area contributed by atoms with Crippen LogP contribution in [0.2, 0.25) is 0 Å². The summed E-state index contributed by atoms with van der Waals surface area (Å²) in [5.41, 5.74) is 10.9. The zero-order valence-corrected chi connectivity index (χ0v) is 10.9. The summed E-state index contributed by atoms with van der Waals surface area (Å²) in [6.45, 7) is 7.89. The van der Waals surface area contributed by atoms with Crippen molar-refractivity contribution >= 4 is 5.91 Å². The van der Waals surface area contributed by atoms with Crippen molar-refractivity contribution in [2.75, 3.05) is 39.3 Å². The van der Waals surface area contributed by atoms with Crippen molar-refractivity contribution in [3.8, 4) is 0 Å². The molecule has 1 aliphatic rings. The Morgan fingerprint density at radius 3 is 2.35 bits per heavy atom. The van der Waals surface area contributed by atoms with Crippen molar-refractivity contribution in [2.45, 2.75) is 32.2 Å². The second-order valence-corrected chi connectivity index (χ2v) is 4.70. The molecular weight excluding hydrogens is 216 g/mol. The van der Waals surface area contributed by atoms with Crippen LogP contribution in [0.3, 0.4) is 0 Å². The minimum Gasteiger partial charge on any atom is -0.368 e. The number of rotatable bonds is 7. The second-order valence-electron chi connectivity index (χ2n) is 4.70. The first kappa shape index (κ1) is 14.4. The normalized spacial score (nSPS) is 20.4. The summed E-state index contributed by atoms with van der Waals surface area (Å²) in [5, 5.41) is 0. The first-order chi connectivity index (χ1) is 8.19. The molecule has 0 radical (unpaired) electrons. The molecule has 0 aromatic heterocycles. The lowest BCUT2D eigenvalue weighted by molar-refractivity contribution is -0.124. The van der Waals surface area contributed by atoms with Gasteiger partial charge in [0.25, 0.3) is 0 Å². The molecular formula is C12H26N4O. The van der Waals surface area contributed by atoms with Crippen LogP contribution in [0, 0.1) is 0 Å². The predicted octanol–water partition coefficient (Wildman–Crippen LogP) is -0.393. The molecule has 1 aliphatic heterocycles. The number of amides is 1. The first-order valence-corrected chi connectivity index (χ1v) is 6.64. The van der Waals surface area contributed by atoms with Crippen LogP contribution in [0.15, 0.2) is 0 Å². The van der Waals surface area contributed by atoms with E-state index >= 15 is 0 Å². The molecule has 1 fully saturated rings. The molecule has 17 heavy (non-hydrogen) atoms. The molecule has 5 nitrogen and oxygen atoms in total. The molecule has 1 unspecified atom stereocenters. The van der Waals surface area contributed by atoms with Gasteiger partial charge in [-0.3, -0.25) is 9.69 Å². The third kappa shape index (κ3) is 4.61. The molecule has 0 spiro atoms. The van der Waals surface area contributed by atoms with Crippen molar-refractivity contribution in [2.24, 2.45) is 11.5 Å². The first-order valence-electron chi connectivity index (χ1n) is 6.64. The van der Waals surface area contributed by atoms with E-state index in [1.165, 1.54) is 6.42 Å². The summed E-state index contributed by atoms with van der Waals surface area (Å²) in [6.07, 6.45) is 3.07. The van der Waals surface area contributed by atoms with Crippen LogP contribution in [-0.2, 0) is 4.79 Å². The van der Waals surface area contributed by atoms with Gasteiger partial charge >= 0.3 is 0 Å². The number of carbonyl (C=O) groups is 1. The third-order valence-corrected chi connectivity index (χ3v) is 3.49. The van der Waals surface area contributed by atoms with Gasteiger partial charge in [0.1, 0.15) is 0 Å². The van der Waals surface area contributed by atoms with Crippen LogP contribution in [-0.4, -0.2) is 61.0 Å². The number of hydrogen-bond donors (Lipinski definition) is 2. The van der Waals surface area contributed by atoms with Crippen LogP contribution < -0.4 is 11.5 Å². The average Bonchev–Trinajstić information content (AvgIpc) is 2.32. The fourth-order valence-electron chi connectivity index (χ4n) is 2.42. The highest BCUT2D eigenvalue weighted by Crippen LogP contribution is 2.09. The summed E-state index contributed by atoms with van der Waals surface area (Å²) in [6, 6.07) is -0.0822. The molecule has 1 amide bonds. The SMILES string of the molecule is CCC(C(N)=O)N1CCN(CCCCN)CC1. The van der Waals surface area contributed by atoms with E-state index < -0.39 is 0 Å². The Bertz CT molecular complexity index is 227. The van der Waals surface area contributed by atoms with Gasteiger partial charge < -0.3 is 16.4 Å². The molecule has 1 saturated heterocycles. The Hall–Kier alpha value is -0.650. The Kier molecular flexibility index (Phi) is 6.47. The van der Waals surface area contributed by atoms with E-state index in [-0.39, 0.29) is 11.9 Å². The predicted molar refractivity (Wildman–Crippen MR) is 69.6 cm³/mol. The highest BCUT2D eigenvalue weighted by Gasteiger charge is 2.25. The molecule has 1 heterocycles. The summed E-state index contributed by atoms with van der Waals surface area (Å²) in [7, 11) is 0. The molecule has 0 aliphatic carbocycles. The lowest BCUT2D eigenvalue weighted by atomic mass is 10.1. The lowest BCUT2D eigenvalue weighted by Crippen LogP contribution is -2.54. The number of piperazine rings is 1. The maximum Gasteiger partial charge on any atom is 0.234 e. The van der Waals surface area contributed by atoms with Gasteiger partial charge in [0.2, 0.25) is 5.91 Å². The minimum atomic E-state index is -0.191. The van der Waals surface area contributed by atoms with E-state index in [9.17, 15) is 4.79 Å². The van der Waals surface area contributed by atoms with Gasteiger partial charge in [0.15, 0.2) is 0 Å². The summed E-state index contributed by atoms with van der Waals surface area (Å²) < 4.78 is 0. The van der Waals surface area contributed by atoms with E-state index in [2.05, 4.69) is 9.80 Å². The van der Waals surface area contributed by atoms with Crippen LogP contribution >= 0.6 is 0 Å². The van der Waals surface area contributed by atoms with E-state index in [1.807, 2.05) is 6.92 Å². The highest BCUT2D eigenvalue weighted by atomic mass is 16.1. The van der Waals surface area contributed by atoms with Gasteiger partial charge in [-0.15, -0.1) is 0 Å². The zero-order valence-electron chi connectivity index (χ0n) is 10.9. The number of hydrogen-bond acceptors (Lipinski definition) is 4. The quantitative estimate of drug-likeness (QED) is 0.596. The van der Waals surface area contributed by atoms with E-state index in [1.54, 1.807) is 0 Å². The molecule has 0 aromatic carbocycles. The molecule has 0 aromatic rings. The van der Waals surface area contributed by atoms with Gasteiger partial charge in [0.05, 0.1) is 6.04 Å². The fourth-order valence-corrected chi connectivity index (χ4v) is 2.42. The van der Waals surface area contributed by atoms with Crippen molar-refractivity contribution in [1.82, 2.24) is 9.80 Å². The topological polar surface area (TPSA) is 75.6 Å². The Morgan fingerprint density at radius 1 is 1.24 bits per heavy atom. The summed E-state index contributed by atoms with van der Waals surface area (Å²) in [5.74, 6) is -0.191. The molecule has 0 bridgehead atoms. The standard InChI is InChI=1S/C12H26N4O/c1-2-11(12(14)17)16-9-7-15(8-10-16)6-4-3-5-13/h11H,2-10,13H2,1H3,(H2,14,17). The average molecular weight is 242 g/mol. The summed E-state index contributed by atoms with van der Waals surface area (Å²) >= 11 is 0. The molecule has 1 rings (SSSR count). The van der Waals surface area contributed by atoms with Crippen LogP contribution in [0.4, 0.5) is 0 Å². The van der Waals surface area contributed by atoms with Gasteiger partial charge in [-0.25, -0.2) is 0 Å². The molecule has 5 heteroatoms. The van der Waals surface area contributed by atoms with E-state index in [0.29, 0.717) is 0 Å². The molecule has 0 saturated carbocycles. The smallest absolute Gasteiger partial charge is 0.234 e. The van der Waals surface area contributed by atoms with Crippen molar-refractivity contribution in [1.29, 1.82) is 0 Å². The minimum absolute atomic E-state index is 0.0822. The maximum absolute atomic E-state index is 11.3. The number of nitrogens with two attached hydrogens (primary N) is 2. The highest BCUT2D eigenvalue weighted by molar-refractivity contribution is 5.79. The largest absolute Gasteiger partial charge is 0.368 e. The van der Waals surface area contributed by atoms with Crippen LogP contribution in [0.5, 0.6) is 0 Å². The van der Waals surface area contributed by atoms with Gasteiger partial charge in [-0.05, 0) is 32.4 Å². The molecule has 4 N–H and O–H groups in total. The van der Waals surface area contributed by atoms with Gasteiger partial charge in [0, 0.05) is 26.2 Å². The third-order valence-electron chi connectivity index (χ3n) is 3.49. The summed E-state index contributed by atoms with van der Waals surface area (Å²) in [4.78, 5) is 15.9. The zero-order chi connectivity index (χ0) is 12.7. The van der Waals surface area contributed by atoms with Crippen molar-refractivity contribution < 1.29 is 4.79 Å². The monoisotopic (exact) mass is 242 g/mol. The Morgan fingerprint density at radius 2 is 1.88 bits per heavy atom. The molecule has 100 valence electrons. The van der Waals surface area contributed by atoms with Crippen LogP contribution in [0.25, 0.3) is 0 Å². The number of primary amides is 1. The Labute approximate surface area is 104 Å². The van der Waals surface area contributed by atoms with Crippen molar-refractivity contribution in [3.05, 3.63) is 0 Å². The maximum atomic E-state index is 11.3. The van der Waals surface area contributed by atoms with Crippen molar-refractivity contribution in [3.63, 3.8) is 0 Å². The fraction of sp³-hybridized carbons (Fsp3) is 0.917. The van der Waals surface area contributed by atoms with Gasteiger partial charge in [-0.2, -0.15) is 0 Å². The lowest BCUT2D eigenvalue weighted by Gasteiger charge is -2.37. The van der Waals surface area contributed by atoms with Gasteiger partial charge in [-0.1, -0.05) is 6.92 Å². The molecule has 1 atom stereocenters. The number of carbonyl (C=O) groups excluding carboxylic acids is 1. The van der Waals surface area contributed by atoms with E-state index in [4.69, 9.17) is 11.5 Å². The second kappa shape index (κ2) is 7.63. The number of nitrogens with zero attached hydrogens (tertiary/aromatic N) is 2. The number of unbranched alkanes of at least 4 members (excludes halogenated alkanes) is 1. The van der Waals surface area contributed by atoms with Crippen LogP contribution in [0.1, 0.15) is 26.2 Å².